The van der Waals surface area contributed by atoms with Crippen LogP contribution in [0.5, 0.6) is 0 Å². The molecule has 0 radical (unpaired) electrons. The van der Waals surface area contributed by atoms with E-state index in [-0.39, 0.29) is 30.3 Å². The molecule has 1 N–H and O–H groups in total. The standard InChI is InChI=1S/C35H46Br2N6O3/c1-24-30(36)20-25(21-31(24)37)19-27(34(45)42-13-7-28(8-14-42)40-17-15-39(2)16-18-40)22-33(44)41-11-9-29(10-12-41)43-23-26-5-3-4-6-32(26)38-35(43)46/h3-6,20-21,27-29H,7-19,22-23H2,1-2H3,(H,38,46)/t27-/m1/s1. The Bertz CT molecular complexity index is 1410. The van der Waals surface area contributed by atoms with E-state index in [4.69, 9.17) is 0 Å². The largest absolute Gasteiger partial charge is 0.343 e. The van der Waals surface area contributed by atoms with E-state index in [0.717, 1.165) is 96.3 Å². The van der Waals surface area contributed by atoms with E-state index < -0.39 is 5.92 Å². The number of piperidine rings is 2. The van der Waals surface area contributed by atoms with Crippen LogP contribution in [0.1, 0.15) is 48.8 Å². The number of nitrogens with one attached hydrogen (secondary N) is 1. The van der Waals surface area contributed by atoms with Gasteiger partial charge in [0.1, 0.15) is 0 Å². The van der Waals surface area contributed by atoms with Crippen LogP contribution in [0.3, 0.4) is 0 Å². The van der Waals surface area contributed by atoms with Crippen molar-refractivity contribution in [3.63, 3.8) is 0 Å². The number of hydrogen-bond acceptors (Lipinski definition) is 5. The van der Waals surface area contributed by atoms with E-state index in [2.05, 4.69) is 72.2 Å². The number of urea groups is 1. The maximum Gasteiger partial charge on any atom is 0.322 e. The van der Waals surface area contributed by atoms with Crippen LogP contribution in [0.2, 0.25) is 0 Å². The molecular weight excluding hydrogens is 712 g/mol. The highest BCUT2D eigenvalue weighted by Crippen LogP contribution is 2.31. The average molecular weight is 759 g/mol. The minimum atomic E-state index is -0.420. The lowest BCUT2D eigenvalue weighted by Gasteiger charge is -2.43. The third-order valence-corrected chi connectivity index (χ3v) is 12.2. The van der Waals surface area contributed by atoms with Gasteiger partial charge in [-0.2, -0.15) is 0 Å². The summed E-state index contributed by atoms with van der Waals surface area (Å²) in [6.07, 6.45) is 4.15. The fourth-order valence-corrected chi connectivity index (χ4v) is 8.81. The first kappa shape index (κ1) is 33.4. The molecule has 6 rings (SSSR count). The van der Waals surface area contributed by atoms with Crippen molar-refractivity contribution in [1.29, 1.82) is 0 Å². The molecule has 9 nitrogen and oxygen atoms in total. The van der Waals surface area contributed by atoms with Crippen LogP contribution in [0, 0.1) is 12.8 Å². The average Bonchev–Trinajstić information content (AvgIpc) is 3.06. The molecule has 0 aliphatic carbocycles. The molecule has 1 atom stereocenters. The van der Waals surface area contributed by atoms with Crippen molar-refractivity contribution in [2.45, 2.75) is 64.1 Å². The number of para-hydroxylation sites is 1. The van der Waals surface area contributed by atoms with E-state index in [0.29, 0.717) is 32.1 Å². The zero-order valence-corrected chi connectivity index (χ0v) is 30.2. The van der Waals surface area contributed by atoms with Crippen LogP contribution < -0.4 is 5.32 Å². The molecule has 2 aromatic carbocycles. The Labute approximate surface area is 289 Å². The van der Waals surface area contributed by atoms with Gasteiger partial charge in [0.15, 0.2) is 0 Å². The number of benzene rings is 2. The predicted octanol–water partition coefficient (Wildman–Crippen LogP) is 5.35. The third kappa shape index (κ3) is 7.63. The number of likely N-dealkylation sites (tertiary alicyclic amines) is 2. The summed E-state index contributed by atoms with van der Waals surface area (Å²) in [5, 5.41) is 3.02. The lowest BCUT2D eigenvalue weighted by atomic mass is 9.91. The number of anilines is 1. The second-order valence-electron chi connectivity index (χ2n) is 13.5. The molecule has 0 bridgehead atoms. The van der Waals surface area contributed by atoms with Crippen LogP contribution in [0.25, 0.3) is 0 Å². The SMILES string of the molecule is Cc1c(Br)cc(C[C@H](CC(=O)N2CCC(N3Cc4ccccc4NC3=O)CC2)C(=O)N2CCC(N3CCN(C)CC3)CC2)cc1Br. The topological polar surface area (TPSA) is 79.4 Å². The Hall–Kier alpha value is -2.47. The smallest absolute Gasteiger partial charge is 0.322 e. The summed E-state index contributed by atoms with van der Waals surface area (Å²) in [5.74, 6) is -0.296. The van der Waals surface area contributed by atoms with Crippen LogP contribution in [0.4, 0.5) is 10.5 Å². The highest BCUT2D eigenvalue weighted by atomic mass is 79.9. The first-order valence-electron chi connectivity index (χ1n) is 16.8. The minimum absolute atomic E-state index is 0.0304. The van der Waals surface area contributed by atoms with Gasteiger partial charge in [-0.15, -0.1) is 0 Å². The van der Waals surface area contributed by atoms with Gasteiger partial charge in [0, 0.05) is 92.0 Å². The van der Waals surface area contributed by atoms with Gasteiger partial charge >= 0.3 is 6.03 Å². The van der Waals surface area contributed by atoms with Crippen molar-refractivity contribution >= 4 is 55.4 Å². The second kappa shape index (κ2) is 14.7. The fourth-order valence-electron chi connectivity index (χ4n) is 7.53. The van der Waals surface area contributed by atoms with Gasteiger partial charge in [0.25, 0.3) is 0 Å². The van der Waals surface area contributed by atoms with Gasteiger partial charge in [0.05, 0.1) is 5.92 Å². The second-order valence-corrected chi connectivity index (χ2v) is 15.2. The zero-order valence-electron chi connectivity index (χ0n) is 27.0. The number of hydrogen-bond donors (Lipinski definition) is 1. The number of piperazine rings is 1. The van der Waals surface area contributed by atoms with Crippen molar-refractivity contribution < 1.29 is 14.4 Å². The van der Waals surface area contributed by atoms with E-state index in [1.807, 2.05) is 39.8 Å². The molecule has 4 aliphatic heterocycles. The molecule has 0 unspecified atom stereocenters. The number of carbonyl (C=O) groups excluding carboxylic acids is 3. The molecule has 46 heavy (non-hydrogen) atoms. The number of nitrogens with zero attached hydrogens (tertiary/aromatic N) is 5. The molecule has 0 aromatic heterocycles. The molecule has 248 valence electrons. The summed E-state index contributed by atoms with van der Waals surface area (Å²) < 4.78 is 1.99. The first-order valence-corrected chi connectivity index (χ1v) is 18.3. The predicted molar refractivity (Wildman–Crippen MR) is 188 cm³/mol. The van der Waals surface area contributed by atoms with E-state index in [9.17, 15) is 14.4 Å². The molecule has 11 heteroatoms. The van der Waals surface area contributed by atoms with E-state index >= 15 is 0 Å². The maximum atomic E-state index is 14.1. The van der Waals surface area contributed by atoms with Crippen molar-refractivity contribution in [3.05, 3.63) is 62.0 Å². The summed E-state index contributed by atoms with van der Waals surface area (Å²) in [6, 6.07) is 12.6. The van der Waals surface area contributed by atoms with Gasteiger partial charge in [-0.3, -0.25) is 14.5 Å². The lowest BCUT2D eigenvalue weighted by molar-refractivity contribution is -0.143. The van der Waals surface area contributed by atoms with Crippen molar-refractivity contribution in [3.8, 4) is 0 Å². The van der Waals surface area contributed by atoms with Gasteiger partial charge in [-0.1, -0.05) is 50.1 Å². The quantitative estimate of drug-likeness (QED) is 0.413. The molecule has 0 saturated carbocycles. The summed E-state index contributed by atoms with van der Waals surface area (Å²) in [7, 11) is 2.18. The molecule has 4 aliphatic rings. The molecule has 3 saturated heterocycles. The Balaban J connectivity index is 1.09. The number of likely N-dealkylation sites (N-methyl/N-ethyl adjacent to an activating group) is 1. The number of amides is 4. The Kier molecular flexibility index (Phi) is 10.7. The summed E-state index contributed by atoms with van der Waals surface area (Å²) in [6.45, 7) is 9.69. The van der Waals surface area contributed by atoms with E-state index in [1.54, 1.807) is 0 Å². The number of fused-ring (bicyclic) bond motifs is 1. The minimum Gasteiger partial charge on any atom is -0.343 e. The summed E-state index contributed by atoms with van der Waals surface area (Å²) >= 11 is 7.35. The number of carbonyl (C=O) groups is 3. The van der Waals surface area contributed by atoms with Crippen molar-refractivity contribution in [2.75, 3.05) is 64.7 Å². The number of rotatable bonds is 7. The monoisotopic (exact) mass is 756 g/mol. The van der Waals surface area contributed by atoms with Crippen LogP contribution in [-0.4, -0.2) is 114 Å². The van der Waals surface area contributed by atoms with Gasteiger partial charge < -0.3 is 24.9 Å². The van der Waals surface area contributed by atoms with Crippen LogP contribution in [0.15, 0.2) is 45.3 Å². The Morgan fingerprint density at radius 2 is 1.48 bits per heavy atom. The Morgan fingerprint density at radius 3 is 2.15 bits per heavy atom. The highest BCUT2D eigenvalue weighted by Gasteiger charge is 2.36. The zero-order chi connectivity index (χ0) is 32.4. The van der Waals surface area contributed by atoms with Gasteiger partial charge in [0.2, 0.25) is 11.8 Å². The van der Waals surface area contributed by atoms with Gasteiger partial charge in [-0.25, -0.2) is 4.79 Å². The highest BCUT2D eigenvalue weighted by molar-refractivity contribution is 9.11. The molecule has 4 heterocycles. The molecule has 3 fully saturated rings. The summed E-state index contributed by atoms with van der Waals surface area (Å²) in [5.41, 5.74) is 4.15. The maximum absolute atomic E-state index is 14.1. The number of halogens is 2. The normalized spacial score (nSPS) is 21.2. The first-order chi connectivity index (χ1) is 22.2. The molecule has 4 amide bonds. The van der Waals surface area contributed by atoms with Crippen molar-refractivity contribution in [2.24, 2.45) is 5.92 Å². The van der Waals surface area contributed by atoms with E-state index in [1.165, 1.54) is 0 Å². The third-order valence-electron chi connectivity index (χ3n) is 10.5. The van der Waals surface area contributed by atoms with Crippen molar-refractivity contribution in [1.82, 2.24) is 24.5 Å². The molecule has 2 aromatic rings. The molecular formula is C35H46Br2N6O3. The Morgan fingerprint density at radius 1 is 0.870 bits per heavy atom. The molecule has 0 spiro atoms. The van der Waals surface area contributed by atoms with Crippen LogP contribution in [-0.2, 0) is 22.6 Å². The summed E-state index contributed by atoms with van der Waals surface area (Å²) in [4.78, 5) is 51.6. The van der Waals surface area contributed by atoms with Gasteiger partial charge in [-0.05, 0) is 81.0 Å². The lowest BCUT2D eigenvalue weighted by Crippen LogP contribution is -2.54. The van der Waals surface area contributed by atoms with Crippen LogP contribution >= 0.6 is 31.9 Å². The fraction of sp³-hybridized carbons (Fsp3) is 0.571.